The molecule has 0 saturated heterocycles. The van der Waals surface area contributed by atoms with Gasteiger partial charge in [-0.25, -0.2) is 0 Å². The molecular formula is C12H16ClNO2. The third kappa shape index (κ3) is 3.74. The van der Waals surface area contributed by atoms with Crippen molar-refractivity contribution in [2.24, 2.45) is 0 Å². The van der Waals surface area contributed by atoms with Gasteiger partial charge in [0.15, 0.2) is 0 Å². The monoisotopic (exact) mass is 241 g/mol. The molecule has 0 aromatic heterocycles. The lowest BCUT2D eigenvalue weighted by molar-refractivity contribution is -0.115. The van der Waals surface area contributed by atoms with Crippen molar-refractivity contribution >= 4 is 23.2 Å². The Kier molecular flexibility index (Phi) is 5.12. The number of nitrogens with one attached hydrogen (secondary N) is 1. The molecule has 0 aliphatic rings. The summed E-state index contributed by atoms with van der Waals surface area (Å²) >= 11 is 5.49. The normalized spacial score (nSPS) is 9.94. The van der Waals surface area contributed by atoms with Crippen molar-refractivity contribution in [2.75, 3.05) is 17.8 Å². The number of hydrogen-bond donors (Lipinski definition) is 1. The Labute approximate surface area is 101 Å². The molecule has 0 spiro atoms. The standard InChI is InChI=1S/C12H16ClNO2/c1-3-16-10-4-5-11(9(2)8-10)14-12(15)6-7-13/h4-5,8H,3,6-7H2,1-2H3,(H,14,15). The molecule has 0 atom stereocenters. The molecule has 0 fully saturated rings. The molecule has 88 valence electrons. The lowest BCUT2D eigenvalue weighted by Crippen LogP contribution is -2.12. The van der Waals surface area contributed by atoms with Gasteiger partial charge in [-0.1, -0.05) is 0 Å². The summed E-state index contributed by atoms with van der Waals surface area (Å²) in [5.41, 5.74) is 1.78. The van der Waals surface area contributed by atoms with Crippen LogP contribution in [0.5, 0.6) is 5.75 Å². The van der Waals surface area contributed by atoms with Gasteiger partial charge in [-0.2, -0.15) is 0 Å². The number of hydrogen-bond acceptors (Lipinski definition) is 2. The van der Waals surface area contributed by atoms with Crippen LogP contribution in [0.1, 0.15) is 18.9 Å². The molecule has 4 heteroatoms. The first kappa shape index (κ1) is 12.8. The third-order valence-corrected chi connectivity index (χ3v) is 2.29. The lowest BCUT2D eigenvalue weighted by Gasteiger charge is -2.10. The van der Waals surface area contributed by atoms with E-state index >= 15 is 0 Å². The summed E-state index contributed by atoms with van der Waals surface area (Å²) in [6, 6.07) is 5.58. The second-order valence-electron chi connectivity index (χ2n) is 3.40. The Morgan fingerprint density at radius 1 is 1.50 bits per heavy atom. The molecule has 1 aromatic carbocycles. The first-order valence-corrected chi connectivity index (χ1v) is 5.80. The quantitative estimate of drug-likeness (QED) is 0.805. The summed E-state index contributed by atoms with van der Waals surface area (Å²) in [7, 11) is 0. The highest BCUT2D eigenvalue weighted by Gasteiger charge is 2.04. The van der Waals surface area contributed by atoms with E-state index in [1.54, 1.807) is 0 Å². The molecule has 16 heavy (non-hydrogen) atoms. The Bertz CT molecular complexity index is 366. The molecule has 1 aromatic rings. The van der Waals surface area contributed by atoms with Gasteiger partial charge in [-0.15, -0.1) is 11.6 Å². The van der Waals surface area contributed by atoms with E-state index in [9.17, 15) is 4.79 Å². The van der Waals surface area contributed by atoms with Gasteiger partial charge < -0.3 is 10.1 Å². The minimum Gasteiger partial charge on any atom is -0.494 e. The van der Waals surface area contributed by atoms with E-state index in [-0.39, 0.29) is 5.91 Å². The Morgan fingerprint density at radius 3 is 2.81 bits per heavy atom. The summed E-state index contributed by atoms with van der Waals surface area (Å²) in [4.78, 5) is 11.3. The van der Waals surface area contributed by atoms with Crippen LogP contribution in [0.3, 0.4) is 0 Å². The SMILES string of the molecule is CCOc1ccc(NC(=O)CCCl)c(C)c1. The van der Waals surface area contributed by atoms with E-state index in [2.05, 4.69) is 5.32 Å². The van der Waals surface area contributed by atoms with Crippen LogP contribution >= 0.6 is 11.6 Å². The minimum absolute atomic E-state index is 0.0674. The summed E-state index contributed by atoms with van der Waals surface area (Å²) in [6.07, 6.45) is 0.328. The van der Waals surface area contributed by atoms with Crippen molar-refractivity contribution in [1.29, 1.82) is 0 Å². The van der Waals surface area contributed by atoms with Gasteiger partial charge >= 0.3 is 0 Å². The van der Waals surface area contributed by atoms with Crippen LogP contribution in [0, 0.1) is 6.92 Å². The maximum absolute atomic E-state index is 11.3. The Morgan fingerprint density at radius 2 is 2.25 bits per heavy atom. The van der Waals surface area contributed by atoms with Crippen LogP contribution in [-0.4, -0.2) is 18.4 Å². The second kappa shape index (κ2) is 6.38. The van der Waals surface area contributed by atoms with Gasteiger partial charge in [-0.05, 0) is 37.6 Å². The molecule has 0 saturated carbocycles. The van der Waals surface area contributed by atoms with Crippen LogP contribution in [-0.2, 0) is 4.79 Å². The molecule has 1 N–H and O–H groups in total. The van der Waals surface area contributed by atoms with Crippen molar-refractivity contribution in [3.05, 3.63) is 23.8 Å². The van der Waals surface area contributed by atoms with Crippen molar-refractivity contribution in [1.82, 2.24) is 0 Å². The number of halogens is 1. The average molecular weight is 242 g/mol. The highest BCUT2D eigenvalue weighted by Crippen LogP contribution is 2.21. The molecule has 0 unspecified atom stereocenters. The fourth-order valence-corrected chi connectivity index (χ4v) is 1.50. The first-order chi connectivity index (χ1) is 7.67. The number of anilines is 1. The smallest absolute Gasteiger partial charge is 0.225 e. The van der Waals surface area contributed by atoms with E-state index < -0.39 is 0 Å². The number of carbonyl (C=O) groups is 1. The van der Waals surface area contributed by atoms with Gasteiger partial charge in [0.25, 0.3) is 0 Å². The molecule has 0 bridgehead atoms. The summed E-state index contributed by atoms with van der Waals surface area (Å²) in [6.45, 7) is 4.50. The highest BCUT2D eigenvalue weighted by atomic mass is 35.5. The van der Waals surface area contributed by atoms with E-state index in [0.717, 1.165) is 17.0 Å². The van der Waals surface area contributed by atoms with Crippen molar-refractivity contribution < 1.29 is 9.53 Å². The van der Waals surface area contributed by atoms with E-state index in [4.69, 9.17) is 16.3 Å². The summed E-state index contributed by atoms with van der Waals surface area (Å²) < 4.78 is 5.36. The van der Waals surface area contributed by atoms with E-state index in [1.807, 2.05) is 32.0 Å². The molecule has 1 rings (SSSR count). The fourth-order valence-electron chi connectivity index (χ4n) is 1.33. The predicted octanol–water partition coefficient (Wildman–Crippen LogP) is 2.96. The number of ether oxygens (including phenoxy) is 1. The van der Waals surface area contributed by atoms with E-state index in [0.29, 0.717) is 18.9 Å². The molecule has 0 aliphatic heterocycles. The second-order valence-corrected chi connectivity index (χ2v) is 3.77. The maximum Gasteiger partial charge on any atom is 0.225 e. The van der Waals surface area contributed by atoms with Gasteiger partial charge in [0.1, 0.15) is 5.75 Å². The van der Waals surface area contributed by atoms with Crippen LogP contribution in [0.15, 0.2) is 18.2 Å². The zero-order valence-corrected chi connectivity index (χ0v) is 10.3. The third-order valence-electron chi connectivity index (χ3n) is 2.10. The maximum atomic E-state index is 11.3. The number of aryl methyl sites for hydroxylation is 1. The number of amides is 1. The molecular weight excluding hydrogens is 226 g/mol. The van der Waals surface area contributed by atoms with E-state index in [1.165, 1.54) is 0 Å². The molecule has 1 amide bonds. The number of rotatable bonds is 5. The van der Waals surface area contributed by atoms with Gasteiger partial charge in [0, 0.05) is 18.0 Å². The van der Waals surface area contributed by atoms with Crippen LogP contribution in [0.4, 0.5) is 5.69 Å². The Balaban J connectivity index is 2.71. The molecule has 0 heterocycles. The summed E-state index contributed by atoms with van der Waals surface area (Å²) in [5.74, 6) is 1.08. The molecule has 0 aliphatic carbocycles. The Hall–Kier alpha value is -1.22. The molecule has 0 radical (unpaired) electrons. The number of benzene rings is 1. The van der Waals surface area contributed by atoms with Crippen molar-refractivity contribution in [2.45, 2.75) is 20.3 Å². The van der Waals surface area contributed by atoms with Crippen LogP contribution in [0.2, 0.25) is 0 Å². The first-order valence-electron chi connectivity index (χ1n) is 5.26. The van der Waals surface area contributed by atoms with Crippen LogP contribution in [0.25, 0.3) is 0 Å². The summed E-state index contributed by atoms with van der Waals surface area (Å²) in [5, 5.41) is 2.80. The van der Waals surface area contributed by atoms with Gasteiger partial charge in [-0.3, -0.25) is 4.79 Å². The predicted molar refractivity (Wildman–Crippen MR) is 66.3 cm³/mol. The zero-order valence-electron chi connectivity index (χ0n) is 9.55. The number of carbonyl (C=O) groups excluding carboxylic acids is 1. The fraction of sp³-hybridized carbons (Fsp3) is 0.417. The zero-order chi connectivity index (χ0) is 12.0. The van der Waals surface area contributed by atoms with Gasteiger partial charge in [0.2, 0.25) is 5.91 Å². The lowest BCUT2D eigenvalue weighted by atomic mass is 10.2. The van der Waals surface area contributed by atoms with Crippen molar-refractivity contribution in [3.63, 3.8) is 0 Å². The molecule has 3 nitrogen and oxygen atoms in total. The van der Waals surface area contributed by atoms with Crippen molar-refractivity contribution in [3.8, 4) is 5.75 Å². The van der Waals surface area contributed by atoms with Gasteiger partial charge in [0.05, 0.1) is 6.61 Å². The minimum atomic E-state index is -0.0674. The topological polar surface area (TPSA) is 38.3 Å². The largest absolute Gasteiger partial charge is 0.494 e. The van der Waals surface area contributed by atoms with Crippen LogP contribution < -0.4 is 10.1 Å². The highest BCUT2D eigenvalue weighted by molar-refractivity contribution is 6.19. The average Bonchev–Trinajstić information content (AvgIpc) is 2.23. The number of alkyl halides is 1.